The molecule has 8 heteroatoms. The van der Waals surface area contributed by atoms with Gasteiger partial charge in [-0.3, -0.25) is 4.68 Å². The summed E-state index contributed by atoms with van der Waals surface area (Å²) in [6.07, 6.45) is 1.68. The van der Waals surface area contributed by atoms with Gasteiger partial charge in [0.15, 0.2) is 8.32 Å². The van der Waals surface area contributed by atoms with Gasteiger partial charge >= 0.3 is 6.09 Å². The van der Waals surface area contributed by atoms with Crippen molar-refractivity contribution in [3.8, 4) is 0 Å². The highest BCUT2D eigenvalue weighted by Crippen LogP contribution is 2.37. The number of nitrogens with zero attached hydrogens (tertiary/aromatic N) is 3. The van der Waals surface area contributed by atoms with E-state index < -0.39 is 20.5 Å². The van der Waals surface area contributed by atoms with E-state index in [0.717, 1.165) is 11.4 Å². The molecule has 0 radical (unpaired) electrons. The molecule has 0 spiro atoms. The molecule has 2 atom stereocenters. The largest absolute Gasteiger partial charge is 0.445 e. The van der Waals surface area contributed by atoms with Gasteiger partial charge in [0.1, 0.15) is 6.61 Å². The molecule has 7 nitrogen and oxygen atoms in total. The summed E-state index contributed by atoms with van der Waals surface area (Å²) in [5, 5.41) is 14.8. The van der Waals surface area contributed by atoms with E-state index >= 15 is 0 Å². The first kappa shape index (κ1) is 22.6. The molecule has 0 bridgehead atoms. The summed E-state index contributed by atoms with van der Waals surface area (Å²) in [6.45, 7) is 15.7. The molecule has 1 fully saturated rings. The highest BCUT2D eigenvalue weighted by molar-refractivity contribution is 6.74. The van der Waals surface area contributed by atoms with Gasteiger partial charge in [-0.15, -0.1) is 0 Å². The van der Waals surface area contributed by atoms with E-state index in [0.29, 0.717) is 19.4 Å². The first-order valence-electron chi connectivity index (χ1n) is 9.82. The summed E-state index contributed by atoms with van der Waals surface area (Å²) in [6, 6.07) is 1.90. The maximum absolute atomic E-state index is 12.2. The average Bonchev–Trinajstić information content (AvgIpc) is 3.12. The van der Waals surface area contributed by atoms with E-state index in [4.69, 9.17) is 9.16 Å². The van der Waals surface area contributed by atoms with E-state index in [1.54, 1.807) is 4.90 Å². The summed E-state index contributed by atoms with van der Waals surface area (Å²) < 4.78 is 13.3. The third kappa shape index (κ3) is 5.45. The van der Waals surface area contributed by atoms with Crippen molar-refractivity contribution >= 4 is 14.4 Å². The molecule has 1 amide bonds. The minimum atomic E-state index is -1.84. The van der Waals surface area contributed by atoms with Gasteiger partial charge in [0.2, 0.25) is 0 Å². The van der Waals surface area contributed by atoms with Crippen molar-refractivity contribution in [2.24, 2.45) is 7.05 Å². The number of aliphatic hydroxyl groups is 1. The number of aliphatic hydroxyl groups excluding tert-OH is 1. The van der Waals surface area contributed by atoms with Gasteiger partial charge in [-0.1, -0.05) is 33.4 Å². The fourth-order valence-electron chi connectivity index (χ4n) is 3.04. The zero-order valence-corrected chi connectivity index (χ0v) is 19.1. The Kier molecular flexibility index (Phi) is 7.11. The number of carbonyl (C=O) groups excluding carboxylic acids is 1. The monoisotopic (exact) mass is 409 g/mol. The molecule has 0 saturated carbocycles. The van der Waals surface area contributed by atoms with Crippen molar-refractivity contribution in [3.63, 3.8) is 0 Å². The lowest BCUT2D eigenvalue weighted by Crippen LogP contribution is -2.40. The Morgan fingerprint density at radius 1 is 1.46 bits per heavy atom. The Morgan fingerprint density at radius 3 is 2.75 bits per heavy atom. The topological polar surface area (TPSA) is 76.8 Å². The number of aromatic nitrogens is 2. The van der Waals surface area contributed by atoms with Crippen LogP contribution in [0.3, 0.4) is 0 Å². The number of β-amino-alcohol motifs (C(OH)–C–C–N with tert-alkyl or cyclic N) is 1. The Balaban J connectivity index is 2.03. The van der Waals surface area contributed by atoms with Gasteiger partial charge in [-0.05, 0) is 30.6 Å². The second-order valence-electron chi connectivity index (χ2n) is 9.07. The van der Waals surface area contributed by atoms with E-state index in [9.17, 15) is 9.90 Å². The van der Waals surface area contributed by atoms with E-state index in [-0.39, 0.29) is 24.2 Å². The third-order valence-corrected chi connectivity index (χ3v) is 10.3. The van der Waals surface area contributed by atoms with Crippen molar-refractivity contribution in [1.29, 1.82) is 0 Å². The van der Waals surface area contributed by atoms with Gasteiger partial charge in [0.05, 0.1) is 30.6 Å². The van der Waals surface area contributed by atoms with Crippen LogP contribution < -0.4 is 0 Å². The second-order valence-corrected chi connectivity index (χ2v) is 13.9. The molecule has 1 aliphatic heterocycles. The normalized spacial score (nSPS) is 20.5. The average molecular weight is 410 g/mol. The second kappa shape index (κ2) is 8.80. The van der Waals surface area contributed by atoms with E-state index in [1.807, 2.05) is 17.8 Å². The maximum Gasteiger partial charge on any atom is 0.410 e. The molecule has 1 aliphatic rings. The molecule has 28 heavy (non-hydrogen) atoms. The quantitative estimate of drug-likeness (QED) is 0.553. The Morgan fingerprint density at radius 2 is 2.14 bits per heavy atom. The summed E-state index contributed by atoms with van der Waals surface area (Å²) in [7, 11) is 0.0735. The zero-order chi connectivity index (χ0) is 21.1. The van der Waals surface area contributed by atoms with Gasteiger partial charge < -0.3 is 19.2 Å². The van der Waals surface area contributed by atoms with Crippen molar-refractivity contribution in [2.45, 2.75) is 70.5 Å². The number of ether oxygens (including phenoxy) is 1. The van der Waals surface area contributed by atoms with Gasteiger partial charge in [-0.2, -0.15) is 5.10 Å². The highest BCUT2D eigenvalue weighted by Gasteiger charge is 2.38. The van der Waals surface area contributed by atoms with Crippen molar-refractivity contribution < 1.29 is 19.1 Å². The van der Waals surface area contributed by atoms with Crippen LogP contribution in [0.1, 0.15) is 38.6 Å². The molecule has 1 aromatic heterocycles. The van der Waals surface area contributed by atoms with Crippen LogP contribution in [0.4, 0.5) is 4.79 Å². The molecule has 0 aromatic carbocycles. The summed E-state index contributed by atoms with van der Waals surface area (Å²) >= 11 is 0. The van der Waals surface area contributed by atoms with E-state index in [2.05, 4.69) is 45.5 Å². The first-order chi connectivity index (χ1) is 12.9. The highest BCUT2D eigenvalue weighted by atomic mass is 28.4. The molecule has 1 saturated heterocycles. The van der Waals surface area contributed by atoms with Crippen LogP contribution >= 0.6 is 0 Å². The van der Waals surface area contributed by atoms with Gasteiger partial charge in [-0.25, -0.2) is 4.79 Å². The minimum Gasteiger partial charge on any atom is -0.445 e. The predicted molar refractivity (Wildman–Crippen MR) is 112 cm³/mol. The lowest BCUT2D eigenvalue weighted by molar-refractivity contribution is 0.102. The van der Waals surface area contributed by atoms with Gasteiger partial charge in [0, 0.05) is 19.5 Å². The number of hydrogen-bond donors (Lipinski definition) is 1. The lowest BCUT2D eigenvalue weighted by Gasteiger charge is -2.36. The molecule has 158 valence electrons. The van der Waals surface area contributed by atoms with Gasteiger partial charge in [0.25, 0.3) is 0 Å². The van der Waals surface area contributed by atoms with Crippen LogP contribution in [0.2, 0.25) is 18.1 Å². The molecular weight excluding hydrogens is 374 g/mol. The Bertz CT molecular complexity index is 696. The van der Waals surface area contributed by atoms with Crippen molar-refractivity contribution in [1.82, 2.24) is 14.7 Å². The fraction of sp³-hybridized carbons (Fsp3) is 0.700. The number of carbonyl (C=O) groups is 1. The zero-order valence-electron chi connectivity index (χ0n) is 18.1. The Hall–Kier alpha value is -1.64. The third-order valence-electron chi connectivity index (χ3n) is 5.81. The number of hydrogen-bond acceptors (Lipinski definition) is 5. The first-order valence-corrected chi connectivity index (χ1v) is 12.7. The molecule has 0 unspecified atom stereocenters. The van der Waals surface area contributed by atoms with E-state index in [1.165, 1.54) is 6.08 Å². The molecule has 2 rings (SSSR count). The van der Waals surface area contributed by atoms with Crippen LogP contribution in [-0.4, -0.2) is 59.5 Å². The van der Waals surface area contributed by atoms with Crippen LogP contribution in [0.15, 0.2) is 18.7 Å². The standard InChI is InChI=1S/C20H35N3O4Si/c1-8-9-26-19(25)23-13-18(24)12-16(23)10-15-11-17(22(5)21-15)14-27-28(6,7)20(2,3)4/h8,11,16,18,24H,1,9-10,12-14H2,2-7H3/t16-,18-/m1/s1. The smallest absolute Gasteiger partial charge is 0.410 e. The molecule has 1 N–H and O–H groups in total. The number of rotatable bonds is 7. The predicted octanol–water partition coefficient (Wildman–Crippen LogP) is 3.24. The number of aryl methyl sites for hydroxylation is 1. The number of amides is 1. The SMILES string of the molecule is C=CCOC(=O)N1C[C@H](O)C[C@H]1Cc1cc(CO[Si](C)(C)C(C)(C)C)n(C)n1. The summed E-state index contributed by atoms with van der Waals surface area (Å²) in [5.74, 6) is 0. The van der Waals surface area contributed by atoms with Crippen molar-refractivity contribution in [3.05, 3.63) is 30.1 Å². The van der Waals surface area contributed by atoms with Crippen LogP contribution in [0, 0.1) is 0 Å². The van der Waals surface area contributed by atoms with Crippen LogP contribution in [0.25, 0.3) is 0 Å². The molecule has 1 aromatic rings. The van der Waals surface area contributed by atoms with Crippen molar-refractivity contribution in [2.75, 3.05) is 13.2 Å². The summed E-state index contributed by atoms with van der Waals surface area (Å²) in [4.78, 5) is 13.8. The summed E-state index contributed by atoms with van der Waals surface area (Å²) in [5.41, 5.74) is 1.90. The lowest BCUT2D eigenvalue weighted by atomic mass is 10.1. The van der Waals surface area contributed by atoms with Crippen LogP contribution in [0.5, 0.6) is 0 Å². The molecule has 2 heterocycles. The fourth-order valence-corrected chi connectivity index (χ4v) is 3.98. The Labute approximate surface area is 169 Å². The molecular formula is C20H35N3O4Si. The van der Waals surface area contributed by atoms with Crippen LogP contribution in [-0.2, 0) is 29.2 Å². The number of likely N-dealkylation sites (tertiary alicyclic amines) is 1. The maximum atomic E-state index is 12.2. The molecule has 0 aliphatic carbocycles. The minimum absolute atomic E-state index is 0.128.